The van der Waals surface area contributed by atoms with Crippen molar-refractivity contribution in [3.05, 3.63) is 24.8 Å². The smallest absolute Gasteiger partial charge is 0.0212 e. The summed E-state index contributed by atoms with van der Waals surface area (Å²) >= 11 is 3.26. The Kier molecular flexibility index (Phi) is 5.93. The minimum Gasteiger partial charge on any atom is -0.103 e. The second kappa shape index (κ2) is 5.96. The fourth-order valence-corrected chi connectivity index (χ4v) is 0.520. The van der Waals surface area contributed by atoms with Crippen LogP contribution in [0.2, 0.25) is 0 Å². The maximum Gasteiger partial charge on any atom is 0.0212 e. The number of allylic oxidation sites excluding steroid dienone is 3. The van der Waals surface area contributed by atoms with Gasteiger partial charge in [0.1, 0.15) is 0 Å². The standard InChI is InChI=1S/C6H9Br/c1-2-3-4-5-6-7/h2,4-5H,1,3,6H2. The van der Waals surface area contributed by atoms with Gasteiger partial charge in [0.25, 0.3) is 0 Å². The van der Waals surface area contributed by atoms with Crippen molar-refractivity contribution in [2.75, 3.05) is 5.33 Å². The van der Waals surface area contributed by atoms with Gasteiger partial charge in [-0.1, -0.05) is 34.2 Å². The van der Waals surface area contributed by atoms with E-state index in [0.29, 0.717) is 0 Å². The lowest BCUT2D eigenvalue weighted by atomic mass is 10.4. The highest BCUT2D eigenvalue weighted by Crippen LogP contribution is 1.85. The topological polar surface area (TPSA) is 0 Å². The summed E-state index contributed by atoms with van der Waals surface area (Å²) in [6.45, 7) is 3.57. The Morgan fingerprint density at radius 3 is 2.57 bits per heavy atom. The van der Waals surface area contributed by atoms with Crippen molar-refractivity contribution in [3.8, 4) is 0 Å². The van der Waals surface area contributed by atoms with Crippen molar-refractivity contribution in [2.24, 2.45) is 0 Å². The Morgan fingerprint density at radius 1 is 1.43 bits per heavy atom. The van der Waals surface area contributed by atoms with Gasteiger partial charge < -0.3 is 0 Å². The number of hydrogen-bond donors (Lipinski definition) is 0. The van der Waals surface area contributed by atoms with E-state index in [1.165, 1.54) is 0 Å². The highest BCUT2D eigenvalue weighted by Gasteiger charge is 1.64. The molecule has 0 saturated heterocycles. The molecule has 0 atom stereocenters. The zero-order chi connectivity index (χ0) is 5.54. The number of hydrogen-bond acceptors (Lipinski definition) is 0. The van der Waals surface area contributed by atoms with Crippen LogP contribution in [0.4, 0.5) is 0 Å². The van der Waals surface area contributed by atoms with Crippen molar-refractivity contribution < 1.29 is 0 Å². The molecule has 0 nitrogen and oxygen atoms in total. The Hall–Kier alpha value is -0.0400. The van der Waals surface area contributed by atoms with Crippen LogP contribution in [-0.4, -0.2) is 5.33 Å². The van der Waals surface area contributed by atoms with Crippen molar-refractivity contribution in [1.29, 1.82) is 0 Å². The summed E-state index contributed by atoms with van der Waals surface area (Å²) in [5.74, 6) is 0. The fraction of sp³-hybridized carbons (Fsp3) is 0.333. The highest BCUT2D eigenvalue weighted by atomic mass is 79.9. The minimum atomic E-state index is 0.945. The zero-order valence-electron chi connectivity index (χ0n) is 4.23. The third-order valence-corrected chi connectivity index (χ3v) is 0.932. The molecule has 7 heavy (non-hydrogen) atoms. The first-order chi connectivity index (χ1) is 3.41. The monoisotopic (exact) mass is 160 g/mol. The molecule has 0 saturated carbocycles. The zero-order valence-corrected chi connectivity index (χ0v) is 5.82. The van der Waals surface area contributed by atoms with Gasteiger partial charge in [-0.05, 0) is 6.42 Å². The summed E-state index contributed by atoms with van der Waals surface area (Å²) in [5, 5.41) is 0.945. The first kappa shape index (κ1) is 6.96. The summed E-state index contributed by atoms with van der Waals surface area (Å²) in [6, 6.07) is 0. The van der Waals surface area contributed by atoms with E-state index in [1.54, 1.807) is 0 Å². The average molecular weight is 161 g/mol. The van der Waals surface area contributed by atoms with Gasteiger partial charge in [0.05, 0.1) is 0 Å². The van der Waals surface area contributed by atoms with Gasteiger partial charge in [-0.2, -0.15) is 0 Å². The van der Waals surface area contributed by atoms with Crippen LogP contribution in [0.25, 0.3) is 0 Å². The maximum atomic E-state index is 3.57. The van der Waals surface area contributed by atoms with E-state index in [1.807, 2.05) is 6.08 Å². The molecule has 0 fully saturated rings. The predicted molar refractivity (Wildman–Crippen MR) is 37.7 cm³/mol. The molecule has 1 heteroatoms. The molecule has 40 valence electrons. The summed E-state index contributed by atoms with van der Waals surface area (Å²) in [5.41, 5.74) is 0. The van der Waals surface area contributed by atoms with E-state index in [-0.39, 0.29) is 0 Å². The molecule has 0 radical (unpaired) electrons. The molecule has 0 aliphatic heterocycles. The Labute approximate surface area is 53.1 Å². The lowest BCUT2D eigenvalue weighted by molar-refractivity contribution is 1.40. The van der Waals surface area contributed by atoms with Crippen molar-refractivity contribution in [2.45, 2.75) is 6.42 Å². The van der Waals surface area contributed by atoms with Gasteiger partial charge in [0, 0.05) is 5.33 Å². The molecule has 0 amide bonds. The third-order valence-electron chi connectivity index (χ3n) is 0.559. The molecule has 0 unspecified atom stereocenters. The normalized spacial score (nSPS) is 9.86. The fourth-order valence-electron chi connectivity index (χ4n) is 0.255. The molecule has 0 heterocycles. The molecule has 0 aliphatic rings. The first-order valence-corrected chi connectivity index (χ1v) is 3.36. The molecule has 0 aromatic heterocycles. The lowest BCUT2D eigenvalue weighted by Gasteiger charge is -1.74. The van der Waals surface area contributed by atoms with E-state index in [2.05, 4.69) is 34.7 Å². The average Bonchev–Trinajstić information content (AvgIpc) is 1.69. The van der Waals surface area contributed by atoms with Gasteiger partial charge in [0.2, 0.25) is 0 Å². The van der Waals surface area contributed by atoms with Gasteiger partial charge in [-0.25, -0.2) is 0 Å². The van der Waals surface area contributed by atoms with E-state index < -0.39 is 0 Å². The van der Waals surface area contributed by atoms with Crippen molar-refractivity contribution in [1.82, 2.24) is 0 Å². The van der Waals surface area contributed by atoms with Gasteiger partial charge >= 0.3 is 0 Å². The van der Waals surface area contributed by atoms with E-state index in [0.717, 1.165) is 11.8 Å². The minimum absolute atomic E-state index is 0.945. The predicted octanol–water partition coefficient (Wildman–Crippen LogP) is 2.51. The molecule has 0 aliphatic carbocycles. The van der Waals surface area contributed by atoms with Gasteiger partial charge in [0.15, 0.2) is 0 Å². The first-order valence-electron chi connectivity index (χ1n) is 2.23. The Balaban J connectivity index is 2.92. The van der Waals surface area contributed by atoms with Crippen molar-refractivity contribution in [3.63, 3.8) is 0 Å². The van der Waals surface area contributed by atoms with Crippen LogP contribution in [0, 0.1) is 0 Å². The summed E-state index contributed by atoms with van der Waals surface area (Å²) in [7, 11) is 0. The van der Waals surface area contributed by atoms with Gasteiger partial charge in [-0.3, -0.25) is 0 Å². The van der Waals surface area contributed by atoms with Crippen LogP contribution in [0.5, 0.6) is 0 Å². The lowest BCUT2D eigenvalue weighted by Crippen LogP contribution is -1.57. The summed E-state index contributed by atoms with van der Waals surface area (Å²) < 4.78 is 0. The SMILES string of the molecule is C=CCC=CCBr. The highest BCUT2D eigenvalue weighted by molar-refractivity contribution is 9.09. The molecule has 0 rings (SSSR count). The maximum absolute atomic E-state index is 3.57. The molecular formula is C6H9Br. The number of alkyl halides is 1. The number of halogens is 1. The Morgan fingerprint density at radius 2 is 2.14 bits per heavy atom. The van der Waals surface area contributed by atoms with E-state index >= 15 is 0 Å². The van der Waals surface area contributed by atoms with Crippen LogP contribution >= 0.6 is 15.9 Å². The van der Waals surface area contributed by atoms with E-state index in [4.69, 9.17) is 0 Å². The summed E-state index contributed by atoms with van der Waals surface area (Å²) in [6.07, 6.45) is 6.98. The largest absolute Gasteiger partial charge is 0.103 e. The molecule has 0 bridgehead atoms. The molecular weight excluding hydrogens is 152 g/mol. The van der Waals surface area contributed by atoms with E-state index in [9.17, 15) is 0 Å². The molecule has 0 spiro atoms. The van der Waals surface area contributed by atoms with Crippen LogP contribution in [0.15, 0.2) is 24.8 Å². The molecule has 0 N–H and O–H groups in total. The van der Waals surface area contributed by atoms with Gasteiger partial charge in [-0.15, -0.1) is 6.58 Å². The Bertz CT molecular complexity index is 64.6. The quantitative estimate of drug-likeness (QED) is 0.440. The van der Waals surface area contributed by atoms with Crippen LogP contribution in [0.3, 0.4) is 0 Å². The molecule has 0 aromatic carbocycles. The second-order valence-electron chi connectivity index (χ2n) is 1.15. The third kappa shape index (κ3) is 5.96. The summed E-state index contributed by atoms with van der Waals surface area (Å²) in [4.78, 5) is 0. The van der Waals surface area contributed by atoms with Crippen LogP contribution in [0.1, 0.15) is 6.42 Å². The van der Waals surface area contributed by atoms with Crippen LogP contribution in [-0.2, 0) is 0 Å². The van der Waals surface area contributed by atoms with Crippen molar-refractivity contribution >= 4 is 15.9 Å². The molecule has 0 aromatic rings. The van der Waals surface area contributed by atoms with Crippen LogP contribution < -0.4 is 0 Å². The second-order valence-corrected chi connectivity index (χ2v) is 1.80. The number of rotatable bonds is 3.